The molecule has 22 heavy (non-hydrogen) atoms. The lowest BCUT2D eigenvalue weighted by Crippen LogP contribution is -2.07. The van der Waals surface area contributed by atoms with Crippen molar-refractivity contribution in [1.29, 1.82) is 0 Å². The second-order valence-electron chi connectivity index (χ2n) is 5.06. The van der Waals surface area contributed by atoms with Crippen LogP contribution in [0.15, 0.2) is 54.6 Å². The summed E-state index contributed by atoms with van der Waals surface area (Å²) in [5.41, 5.74) is 2.23. The molecule has 0 saturated carbocycles. The van der Waals surface area contributed by atoms with Crippen LogP contribution < -0.4 is 4.74 Å². The molecule has 0 amide bonds. The van der Waals surface area contributed by atoms with E-state index in [9.17, 15) is 0 Å². The Bertz CT molecular complexity index is 750. The van der Waals surface area contributed by atoms with Crippen LogP contribution in [0.2, 0.25) is 0 Å². The Morgan fingerprint density at radius 3 is 2.45 bits per heavy atom. The van der Waals surface area contributed by atoms with Gasteiger partial charge in [-0.25, -0.2) is 0 Å². The van der Waals surface area contributed by atoms with Gasteiger partial charge < -0.3 is 9.30 Å². The van der Waals surface area contributed by atoms with Crippen molar-refractivity contribution in [2.45, 2.75) is 27.0 Å². The molecule has 4 nitrogen and oxygen atoms in total. The molecule has 2 aromatic carbocycles. The fourth-order valence-electron chi connectivity index (χ4n) is 2.53. The average molecular weight is 293 g/mol. The molecule has 0 N–H and O–H groups in total. The number of hydrogen-bond acceptors (Lipinski definition) is 3. The predicted molar refractivity (Wildman–Crippen MR) is 86.6 cm³/mol. The molecule has 0 aliphatic carbocycles. The van der Waals surface area contributed by atoms with Crippen LogP contribution in [0.4, 0.5) is 0 Å². The van der Waals surface area contributed by atoms with Gasteiger partial charge in [-0.05, 0) is 25.5 Å². The standard InChI is InChI=1S/C18H19N3O/c1-3-21-14(2)19-20-18(21)13-22-17-12-8-7-11-16(17)15-9-5-4-6-10-15/h4-12H,3,13H2,1-2H3. The van der Waals surface area contributed by atoms with Gasteiger partial charge in [0, 0.05) is 12.1 Å². The number of nitrogens with zero attached hydrogens (tertiary/aromatic N) is 3. The van der Waals surface area contributed by atoms with E-state index >= 15 is 0 Å². The highest BCUT2D eigenvalue weighted by molar-refractivity contribution is 5.70. The Kier molecular flexibility index (Phi) is 4.19. The van der Waals surface area contributed by atoms with Crippen LogP contribution in [0.1, 0.15) is 18.6 Å². The van der Waals surface area contributed by atoms with Crippen LogP contribution in [0, 0.1) is 6.92 Å². The van der Waals surface area contributed by atoms with E-state index in [1.54, 1.807) is 0 Å². The Labute approximate surface area is 130 Å². The molecule has 112 valence electrons. The van der Waals surface area contributed by atoms with E-state index in [0.717, 1.165) is 35.1 Å². The Morgan fingerprint density at radius 1 is 0.955 bits per heavy atom. The maximum atomic E-state index is 6.01. The Balaban J connectivity index is 1.84. The third-order valence-electron chi connectivity index (χ3n) is 3.66. The van der Waals surface area contributed by atoms with E-state index in [0.29, 0.717) is 6.61 Å². The van der Waals surface area contributed by atoms with E-state index < -0.39 is 0 Å². The lowest BCUT2D eigenvalue weighted by Gasteiger charge is -2.12. The van der Waals surface area contributed by atoms with Gasteiger partial charge in [0.05, 0.1) is 0 Å². The zero-order chi connectivity index (χ0) is 15.4. The fourth-order valence-corrected chi connectivity index (χ4v) is 2.53. The van der Waals surface area contributed by atoms with Gasteiger partial charge in [-0.2, -0.15) is 0 Å². The van der Waals surface area contributed by atoms with Gasteiger partial charge in [-0.15, -0.1) is 10.2 Å². The van der Waals surface area contributed by atoms with Crippen LogP contribution in [0.25, 0.3) is 11.1 Å². The number of benzene rings is 2. The smallest absolute Gasteiger partial charge is 0.171 e. The summed E-state index contributed by atoms with van der Waals surface area (Å²) in [7, 11) is 0. The molecule has 0 fully saturated rings. The first-order valence-electron chi connectivity index (χ1n) is 7.45. The van der Waals surface area contributed by atoms with Crippen molar-refractivity contribution in [3.8, 4) is 16.9 Å². The van der Waals surface area contributed by atoms with Gasteiger partial charge >= 0.3 is 0 Å². The zero-order valence-corrected chi connectivity index (χ0v) is 12.9. The highest BCUT2D eigenvalue weighted by atomic mass is 16.5. The quantitative estimate of drug-likeness (QED) is 0.717. The summed E-state index contributed by atoms with van der Waals surface area (Å²) in [4.78, 5) is 0. The van der Waals surface area contributed by atoms with E-state index in [1.165, 1.54) is 0 Å². The number of hydrogen-bond donors (Lipinski definition) is 0. The number of aromatic nitrogens is 3. The SMILES string of the molecule is CCn1c(C)nnc1COc1ccccc1-c1ccccc1. The van der Waals surface area contributed by atoms with Crippen LogP contribution in [-0.4, -0.2) is 14.8 Å². The average Bonchev–Trinajstić information content (AvgIpc) is 2.94. The molecular weight excluding hydrogens is 274 g/mol. The summed E-state index contributed by atoms with van der Waals surface area (Å²) in [6.07, 6.45) is 0. The number of para-hydroxylation sites is 1. The van der Waals surface area contributed by atoms with Crippen molar-refractivity contribution in [2.75, 3.05) is 0 Å². The second-order valence-corrected chi connectivity index (χ2v) is 5.06. The summed E-state index contributed by atoms with van der Waals surface area (Å²) in [5, 5.41) is 8.31. The summed E-state index contributed by atoms with van der Waals surface area (Å²) >= 11 is 0. The van der Waals surface area contributed by atoms with Crippen molar-refractivity contribution in [2.24, 2.45) is 0 Å². The fraction of sp³-hybridized carbons (Fsp3) is 0.222. The maximum absolute atomic E-state index is 6.01. The predicted octanol–water partition coefficient (Wildman–Crippen LogP) is 3.85. The van der Waals surface area contributed by atoms with Crippen LogP contribution in [0.5, 0.6) is 5.75 Å². The van der Waals surface area contributed by atoms with Crippen molar-refractivity contribution in [3.05, 3.63) is 66.2 Å². The molecule has 0 aliphatic heterocycles. The lowest BCUT2D eigenvalue weighted by molar-refractivity contribution is 0.290. The van der Waals surface area contributed by atoms with Gasteiger partial charge in [-0.3, -0.25) is 0 Å². The zero-order valence-electron chi connectivity index (χ0n) is 12.9. The van der Waals surface area contributed by atoms with Gasteiger partial charge in [0.15, 0.2) is 5.82 Å². The monoisotopic (exact) mass is 293 g/mol. The minimum absolute atomic E-state index is 0.415. The van der Waals surface area contributed by atoms with E-state index in [2.05, 4.69) is 39.9 Å². The highest BCUT2D eigenvalue weighted by Crippen LogP contribution is 2.29. The van der Waals surface area contributed by atoms with E-state index in [1.807, 2.05) is 43.3 Å². The molecule has 0 radical (unpaired) electrons. The molecule has 0 saturated heterocycles. The molecular formula is C18H19N3O. The molecule has 0 bridgehead atoms. The molecule has 3 aromatic rings. The first kappa shape index (κ1) is 14.3. The third-order valence-corrected chi connectivity index (χ3v) is 3.66. The van der Waals surface area contributed by atoms with Gasteiger partial charge in [0.2, 0.25) is 0 Å². The van der Waals surface area contributed by atoms with Crippen LogP contribution >= 0.6 is 0 Å². The van der Waals surface area contributed by atoms with Crippen molar-refractivity contribution < 1.29 is 4.74 Å². The summed E-state index contributed by atoms with van der Waals surface area (Å²) in [6.45, 7) is 5.30. The number of ether oxygens (including phenoxy) is 1. The topological polar surface area (TPSA) is 39.9 Å². The number of aryl methyl sites for hydroxylation is 1. The molecule has 3 rings (SSSR count). The molecule has 1 heterocycles. The Hall–Kier alpha value is -2.62. The molecule has 0 aliphatic rings. The maximum Gasteiger partial charge on any atom is 0.171 e. The second kappa shape index (κ2) is 6.43. The largest absolute Gasteiger partial charge is 0.485 e. The normalized spacial score (nSPS) is 10.6. The van der Waals surface area contributed by atoms with Gasteiger partial charge in [-0.1, -0.05) is 48.5 Å². The molecule has 0 unspecified atom stereocenters. The molecule has 4 heteroatoms. The highest BCUT2D eigenvalue weighted by Gasteiger charge is 2.10. The molecule has 0 atom stereocenters. The van der Waals surface area contributed by atoms with Crippen LogP contribution in [-0.2, 0) is 13.2 Å². The molecule has 1 aromatic heterocycles. The first-order valence-corrected chi connectivity index (χ1v) is 7.45. The summed E-state index contributed by atoms with van der Waals surface area (Å²) < 4.78 is 8.07. The summed E-state index contributed by atoms with van der Waals surface area (Å²) in [6, 6.07) is 18.3. The molecule has 0 spiro atoms. The Morgan fingerprint density at radius 2 is 1.68 bits per heavy atom. The van der Waals surface area contributed by atoms with Crippen LogP contribution in [0.3, 0.4) is 0 Å². The van der Waals surface area contributed by atoms with Crippen molar-refractivity contribution in [3.63, 3.8) is 0 Å². The van der Waals surface area contributed by atoms with E-state index in [4.69, 9.17) is 4.74 Å². The van der Waals surface area contributed by atoms with Crippen molar-refractivity contribution in [1.82, 2.24) is 14.8 Å². The minimum atomic E-state index is 0.415. The minimum Gasteiger partial charge on any atom is -0.485 e. The van der Waals surface area contributed by atoms with E-state index in [-0.39, 0.29) is 0 Å². The van der Waals surface area contributed by atoms with Crippen molar-refractivity contribution >= 4 is 0 Å². The van der Waals surface area contributed by atoms with Gasteiger partial charge in [0.1, 0.15) is 18.2 Å². The van der Waals surface area contributed by atoms with Gasteiger partial charge in [0.25, 0.3) is 0 Å². The first-order chi connectivity index (χ1) is 10.8. The third kappa shape index (κ3) is 2.86. The number of rotatable bonds is 5. The summed E-state index contributed by atoms with van der Waals surface area (Å²) in [5.74, 6) is 2.62. The lowest BCUT2D eigenvalue weighted by atomic mass is 10.1.